The van der Waals surface area contributed by atoms with E-state index in [2.05, 4.69) is 165 Å². The smallest absolute Gasteiger partial charge is 0.119 e. The molecule has 0 radical (unpaired) electrons. The van der Waals surface area contributed by atoms with Gasteiger partial charge in [0.05, 0.1) is 19.8 Å². The molecule has 6 aromatic carbocycles. The molecule has 0 bridgehead atoms. The topological polar surface area (TPSA) is 27.7 Å². The summed E-state index contributed by atoms with van der Waals surface area (Å²) in [5.74, 6) is 27.2. The van der Waals surface area contributed by atoms with E-state index in [1.54, 1.807) is 0 Å². The van der Waals surface area contributed by atoms with Crippen molar-refractivity contribution in [3.05, 3.63) is 196 Å². The van der Waals surface area contributed by atoms with Gasteiger partial charge in [0, 0.05) is 34.4 Å². The molecule has 9 rings (SSSR count). The van der Waals surface area contributed by atoms with E-state index in [1.165, 1.54) is 207 Å². The van der Waals surface area contributed by atoms with Crippen molar-refractivity contribution in [3.63, 3.8) is 0 Å². The lowest BCUT2D eigenvalue weighted by Gasteiger charge is -2.26. The second-order valence-corrected chi connectivity index (χ2v) is 25.0. The van der Waals surface area contributed by atoms with E-state index in [0.29, 0.717) is 55.3 Å². The van der Waals surface area contributed by atoms with Crippen LogP contribution in [0.5, 0.6) is 17.2 Å². The molecule has 6 aromatic rings. The number of rotatable bonds is 24. The van der Waals surface area contributed by atoms with Gasteiger partial charge in [-0.1, -0.05) is 187 Å². The van der Waals surface area contributed by atoms with Gasteiger partial charge in [0.1, 0.15) is 17.2 Å². The lowest BCUT2D eigenvalue weighted by atomic mass is 9.78. The van der Waals surface area contributed by atoms with Crippen molar-refractivity contribution in [2.75, 3.05) is 19.8 Å². The zero-order valence-electron chi connectivity index (χ0n) is 54.8. The molecule has 3 heteroatoms. The van der Waals surface area contributed by atoms with Crippen molar-refractivity contribution in [1.29, 1.82) is 0 Å². The summed E-state index contributed by atoms with van der Waals surface area (Å²) < 4.78 is 16.5. The van der Waals surface area contributed by atoms with Gasteiger partial charge < -0.3 is 14.2 Å². The summed E-state index contributed by atoms with van der Waals surface area (Å²) in [6.07, 6.45) is 34.7. The van der Waals surface area contributed by atoms with Crippen LogP contribution in [0.4, 0.5) is 0 Å². The normalized spacial score (nSPS) is 18.7. The molecule has 0 unspecified atom stereocenters. The molecule has 0 amide bonds. The van der Waals surface area contributed by atoms with Crippen molar-refractivity contribution in [2.24, 2.45) is 17.8 Å². The molecule has 0 heterocycles. The van der Waals surface area contributed by atoms with E-state index >= 15 is 0 Å². The number of aryl methyl sites for hydroxylation is 3. The first kappa shape index (κ1) is 67.9. The molecule has 0 aromatic heterocycles. The number of unbranched alkanes of at least 4 members (excludes halogenated alkanes) is 9. The monoisotopic (exact) mass is 1160 g/mol. The zero-order chi connectivity index (χ0) is 60.9. The van der Waals surface area contributed by atoms with Crippen LogP contribution in [-0.4, -0.2) is 19.8 Å². The largest absolute Gasteiger partial charge is 0.494 e. The van der Waals surface area contributed by atoms with Crippen LogP contribution in [0.1, 0.15) is 263 Å². The van der Waals surface area contributed by atoms with Crippen molar-refractivity contribution in [1.82, 2.24) is 0 Å². The molecule has 0 N–H and O–H groups in total. The summed E-state index contributed by atoms with van der Waals surface area (Å²) >= 11 is 0. The van der Waals surface area contributed by atoms with Gasteiger partial charge in [0.2, 0.25) is 0 Å². The van der Waals surface area contributed by atoms with E-state index in [0.717, 1.165) is 33.9 Å². The van der Waals surface area contributed by atoms with Crippen LogP contribution < -0.4 is 14.2 Å². The minimum absolute atomic E-state index is 0.537. The van der Waals surface area contributed by atoms with E-state index in [-0.39, 0.29) is 0 Å². The second kappa shape index (κ2) is 40.0. The zero-order valence-corrected chi connectivity index (χ0v) is 54.8. The third-order valence-corrected chi connectivity index (χ3v) is 18.2. The lowest BCUT2D eigenvalue weighted by molar-refractivity contribution is 0.340. The summed E-state index contributed by atoms with van der Waals surface area (Å²) in [4.78, 5) is 0. The molecular formula is C84H108O3. The van der Waals surface area contributed by atoms with Crippen LogP contribution >= 0.6 is 0 Å². The maximum Gasteiger partial charge on any atom is 0.119 e. The van der Waals surface area contributed by atoms with Gasteiger partial charge >= 0.3 is 0 Å². The Labute approximate surface area is 530 Å². The Morgan fingerprint density at radius 2 is 0.517 bits per heavy atom. The van der Waals surface area contributed by atoms with Gasteiger partial charge in [-0.15, -0.1) is 0 Å². The third kappa shape index (κ3) is 25.2. The second-order valence-electron chi connectivity index (χ2n) is 25.0. The maximum atomic E-state index is 5.50. The summed E-state index contributed by atoms with van der Waals surface area (Å²) in [6.45, 7) is 15.0. The summed E-state index contributed by atoms with van der Waals surface area (Å²) in [7, 11) is 0. The molecule has 0 spiro atoms. The number of hydrogen-bond donors (Lipinski definition) is 0. The van der Waals surface area contributed by atoms with Crippen molar-refractivity contribution in [3.8, 4) is 52.8 Å². The average molecular weight is 1170 g/mol. The standard InChI is InChI=1S/C29H38O.C28H36O.C27H34O/c1-3-5-6-7-8-9-24-12-18-27(19-13-24)28-20-14-25(15-21-28)10-11-26-16-22-29(23-17-26)30-4-2;1-3-5-6-7-8-23-11-17-26(18-12-23)27-19-13-24(14-20-27)9-10-25-15-21-28(22-16-25)29-4-2;1-3-5-6-7-22-10-16-25(17-11-22)26-18-12-23(13-19-26)8-9-24-14-20-27(21-15-24)28-4-2/h12-13,16-19,22-23,25,28H,3-9,14-15,20-21H2,1-2H3;11-12,15-18,21-22,24,27H,3-8,13-14,19-20H2,1-2H3;10-11,14-17,20-21,23,26H,3-7,12-13,18-19H2,1-2H3. The Kier molecular flexibility index (Phi) is 31.3. The van der Waals surface area contributed by atoms with Gasteiger partial charge in [-0.3, -0.25) is 0 Å². The Bertz CT molecular complexity index is 2960. The maximum absolute atomic E-state index is 5.50. The lowest BCUT2D eigenvalue weighted by Crippen LogP contribution is -2.12. The molecule has 87 heavy (non-hydrogen) atoms. The van der Waals surface area contributed by atoms with E-state index in [4.69, 9.17) is 14.2 Å². The number of ether oxygens (including phenoxy) is 3. The van der Waals surface area contributed by atoms with Crippen LogP contribution in [0.2, 0.25) is 0 Å². The van der Waals surface area contributed by atoms with Crippen LogP contribution in [0.3, 0.4) is 0 Å². The quantitative estimate of drug-likeness (QED) is 0.0447. The molecule has 3 aliphatic carbocycles. The number of hydrogen-bond acceptors (Lipinski definition) is 3. The van der Waals surface area contributed by atoms with Crippen LogP contribution in [0.15, 0.2) is 146 Å². The van der Waals surface area contributed by atoms with Gasteiger partial charge in [-0.05, 0) is 260 Å². The highest BCUT2D eigenvalue weighted by Crippen LogP contribution is 2.38. The highest BCUT2D eigenvalue weighted by Gasteiger charge is 2.24. The van der Waals surface area contributed by atoms with Gasteiger partial charge in [0.15, 0.2) is 0 Å². The molecule has 3 saturated carbocycles. The molecular weight excluding hydrogens is 1060 g/mol. The molecule has 0 atom stereocenters. The first-order valence-corrected chi connectivity index (χ1v) is 34.8. The minimum Gasteiger partial charge on any atom is -0.494 e. The highest BCUT2D eigenvalue weighted by molar-refractivity contribution is 5.41. The van der Waals surface area contributed by atoms with Crippen LogP contribution in [0.25, 0.3) is 0 Å². The Hall–Kier alpha value is -6.60. The molecule has 0 aliphatic heterocycles. The van der Waals surface area contributed by atoms with E-state index in [1.807, 2.05) is 57.2 Å². The molecule has 3 aliphatic rings. The van der Waals surface area contributed by atoms with Gasteiger partial charge in [0.25, 0.3) is 0 Å². The van der Waals surface area contributed by atoms with Crippen molar-refractivity contribution in [2.45, 2.75) is 233 Å². The summed E-state index contributed by atoms with van der Waals surface area (Å²) in [6, 6.07) is 52.9. The average Bonchev–Trinajstić information content (AvgIpc) is 3.71. The third-order valence-electron chi connectivity index (χ3n) is 18.2. The van der Waals surface area contributed by atoms with Gasteiger partial charge in [-0.2, -0.15) is 0 Å². The van der Waals surface area contributed by atoms with Crippen molar-refractivity contribution < 1.29 is 14.2 Å². The predicted octanol–water partition coefficient (Wildman–Crippen LogP) is 22.6. The van der Waals surface area contributed by atoms with Crippen LogP contribution in [-0.2, 0) is 19.3 Å². The van der Waals surface area contributed by atoms with E-state index in [9.17, 15) is 0 Å². The fourth-order valence-electron chi connectivity index (χ4n) is 12.8. The summed E-state index contributed by atoms with van der Waals surface area (Å²) in [5.41, 5.74) is 12.3. The molecule has 3 nitrogen and oxygen atoms in total. The SMILES string of the molecule is CCCCCCCc1ccc(C2CCC(C#Cc3ccc(OCC)cc3)CC2)cc1.CCCCCCc1ccc(C2CCC(C#Cc3ccc(OCC)cc3)CC2)cc1.CCCCCc1ccc(C2CCC(C#Cc3ccc(OCC)cc3)CC2)cc1. The van der Waals surface area contributed by atoms with Gasteiger partial charge in [-0.25, -0.2) is 0 Å². The Morgan fingerprint density at radius 1 is 0.276 bits per heavy atom. The fourth-order valence-corrected chi connectivity index (χ4v) is 12.8. The number of benzene rings is 6. The fraction of sp³-hybridized carbons (Fsp3) is 0.500. The predicted molar refractivity (Wildman–Crippen MR) is 370 cm³/mol. The van der Waals surface area contributed by atoms with Crippen LogP contribution in [0, 0.1) is 53.3 Å². The highest BCUT2D eigenvalue weighted by atomic mass is 16.5. The molecule has 3 fully saturated rings. The first-order chi connectivity index (χ1) is 42.8. The Balaban J connectivity index is 0.000000187. The molecule has 0 saturated heterocycles. The first-order valence-electron chi connectivity index (χ1n) is 34.8. The Morgan fingerprint density at radius 3 is 0.782 bits per heavy atom. The van der Waals surface area contributed by atoms with E-state index < -0.39 is 0 Å². The molecule has 462 valence electrons. The van der Waals surface area contributed by atoms with Crippen molar-refractivity contribution >= 4 is 0 Å². The minimum atomic E-state index is 0.537. The summed E-state index contributed by atoms with van der Waals surface area (Å²) in [5, 5.41) is 0.